The fourth-order valence-corrected chi connectivity index (χ4v) is 3.20. The minimum absolute atomic E-state index is 0.124. The Labute approximate surface area is 172 Å². The number of carbonyl (C=O) groups excluding carboxylic acids is 1. The van der Waals surface area contributed by atoms with Crippen LogP contribution in [0.3, 0.4) is 0 Å². The standard InChI is InChI=1S/C23H31N3O3/c1-16(2)10-13-28-21-7-5-6-20(15-21)14-19-8-11-26(12-9-19)23(27)24-22-17(3)18(4)29-25-22/h5-7,14-16H,8-13H2,1-4H3,(H,24,25,27). The molecule has 1 saturated heterocycles. The highest BCUT2D eigenvalue weighted by Crippen LogP contribution is 2.23. The number of benzene rings is 1. The highest BCUT2D eigenvalue weighted by atomic mass is 16.5. The second-order valence-corrected chi connectivity index (χ2v) is 8.04. The Morgan fingerprint density at radius 2 is 2.07 bits per heavy atom. The summed E-state index contributed by atoms with van der Waals surface area (Å²) in [5, 5.41) is 6.75. The van der Waals surface area contributed by atoms with Gasteiger partial charge in [0.25, 0.3) is 0 Å². The van der Waals surface area contributed by atoms with Crippen LogP contribution in [0.15, 0.2) is 34.4 Å². The van der Waals surface area contributed by atoms with Crippen molar-refractivity contribution in [3.05, 3.63) is 46.7 Å². The SMILES string of the molecule is Cc1onc(NC(=O)N2CCC(=Cc3cccc(OCCC(C)C)c3)CC2)c1C. The van der Waals surface area contributed by atoms with Crippen LogP contribution in [-0.4, -0.2) is 35.8 Å². The van der Waals surface area contributed by atoms with Gasteiger partial charge in [-0.05, 0) is 56.7 Å². The zero-order valence-corrected chi connectivity index (χ0v) is 17.8. The predicted molar refractivity (Wildman–Crippen MR) is 115 cm³/mol. The van der Waals surface area contributed by atoms with Gasteiger partial charge < -0.3 is 14.2 Å². The van der Waals surface area contributed by atoms with Crippen molar-refractivity contribution in [3.63, 3.8) is 0 Å². The number of hydrogen-bond donors (Lipinski definition) is 1. The Morgan fingerprint density at radius 3 is 2.72 bits per heavy atom. The van der Waals surface area contributed by atoms with Crippen molar-refractivity contribution in [2.45, 2.75) is 47.0 Å². The average Bonchev–Trinajstić information content (AvgIpc) is 3.01. The number of aromatic nitrogens is 1. The van der Waals surface area contributed by atoms with Crippen LogP contribution in [0, 0.1) is 19.8 Å². The lowest BCUT2D eigenvalue weighted by Crippen LogP contribution is -2.39. The largest absolute Gasteiger partial charge is 0.494 e. The van der Waals surface area contributed by atoms with E-state index in [4.69, 9.17) is 9.26 Å². The molecule has 0 unspecified atom stereocenters. The van der Waals surface area contributed by atoms with Crippen molar-refractivity contribution >= 4 is 17.9 Å². The number of carbonyl (C=O) groups is 1. The maximum Gasteiger partial charge on any atom is 0.323 e. The maximum absolute atomic E-state index is 12.5. The van der Waals surface area contributed by atoms with Gasteiger partial charge in [0.05, 0.1) is 6.61 Å². The number of nitrogens with one attached hydrogen (secondary N) is 1. The normalized spacial score (nSPS) is 14.2. The number of amides is 2. The molecule has 1 aliphatic rings. The molecule has 1 aromatic heterocycles. The number of piperidine rings is 1. The molecule has 6 nitrogen and oxygen atoms in total. The van der Waals surface area contributed by atoms with Crippen molar-refractivity contribution in [3.8, 4) is 5.75 Å². The van der Waals surface area contributed by atoms with Gasteiger partial charge in [0.1, 0.15) is 11.5 Å². The van der Waals surface area contributed by atoms with Crippen LogP contribution >= 0.6 is 0 Å². The molecule has 2 heterocycles. The highest BCUT2D eigenvalue weighted by molar-refractivity contribution is 5.89. The van der Waals surface area contributed by atoms with Gasteiger partial charge in [-0.2, -0.15) is 0 Å². The number of rotatable bonds is 6. The highest BCUT2D eigenvalue weighted by Gasteiger charge is 2.21. The molecule has 1 fully saturated rings. The van der Waals surface area contributed by atoms with Gasteiger partial charge in [-0.25, -0.2) is 4.79 Å². The molecule has 0 saturated carbocycles. The minimum Gasteiger partial charge on any atom is -0.494 e. The van der Waals surface area contributed by atoms with Crippen molar-refractivity contribution < 1.29 is 14.1 Å². The zero-order chi connectivity index (χ0) is 20.8. The molecule has 0 bridgehead atoms. The lowest BCUT2D eigenvalue weighted by atomic mass is 10.0. The lowest BCUT2D eigenvalue weighted by molar-refractivity contribution is 0.207. The Balaban J connectivity index is 1.53. The molecule has 0 atom stereocenters. The Hall–Kier alpha value is -2.76. The van der Waals surface area contributed by atoms with E-state index in [9.17, 15) is 4.79 Å². The molecule has 1 aliphatic heterocycles. The van der Waals surface area contributed by atoms with Crippen LogP contribution in [0.1, 0.15) is 50.0 Å². The number of ether oxygens (including phenoxy) is 1. The quantitative estimate of drug-likeness (QED) is 0.706. The molecular weight excluding hydrogens is 366 g/mol. The Kier molecular flexibility index (Phi) is 6.96. The fourth-order valence-electron chi connectivity index (χ4n) is 3.20. The first-order valence-corrected chi connectivity index (χ1v) is 10.3. The maximum atomic E-state index is 12.5. The lowest BCUT2D eigenvalue weighted by Gasteiger charge is -2.28. The summed E-state index contributed by atoms with van der Waals surface area (Å²) >= 11 is 0. The molecule has 156 valence electrons. The smallest absolute Gasteiger partial charge is 0.323 e. The van der Waals surface area contributed by atoms with Gasteiger partial charge in [-0.15, -0.1) is 0 Å². The van der Waals surface area contributed by atoms with E-state index >= 15 is 0 Å². The zero-order valence-electron chi connectivity index (χ0n) is 17.8. The number of anilines is 1. The van der Waals surface area contributed by atoms with E-state index in [1.54, 1.807) is 0 Å². The van der Waals surface area contributed by atoms with Gasteiger partial charge in [-0.3, -0.25) is 5.32 Å². The number of aryl methyl sites for hydroxylation is 1. The summed E-state index contributed by atoms with van der Waals surface area (Å²) < 4.78 is 11.0. The van der Waals surface area contributed by atoms with E-state index in [0.29, 0.717) is 24.8 Å². The summed E-state index contributed by atoms with van der Waals surface area (Å²) in [5.41, 5.74) is 3.36. The van der Waals surface area contributed by atoms with Crippen molar-refractivity contribution in [1.29, 1.82) is 0 Å². The summed E-state index contributed by atoms with van der Waals surface area (Å²) in [5.74, 6) is 2.78. The van der Waals surface area contributed by atoms with Gasteiger partial charge in [0.15, 0.2) is 5.82 Å². The summed E-state index contributed by atoms with van der Waals surface area (Å²) in [7, 11) is 0. The molecule has 0 spiro atoms. The Bertz CT molecular complexity index is 860. The van der Waals surface area contributed by atoms with Gasteiger partial charge >= 0.3 is 6.03 Å². The van der Waals surface area contributed by atoms with E-state index in [2.05, 4.69) is 42.5 Å². The van der Waals surface area contributed by atoms with Crippen LogP contribution in [0.5, 0.6) is 5.75 Å². The van der Waals surface area contributed by atoms with E-state index in [1.165, 1.54) is 5.57 Å². The predicted octanol–water partition coefficient (Wildman–Crippen LogP) is 5.43. The van der Waals surface area contributed by atoms with Crippen LogP contribution in [0.4, 0.5) is 10.6 Å². The van der Waals surface area contributed by atoms with E-state index in [-0.39, 0.29) is 6.03 Å². The van der Waals surface area contributed by atoms with E-state index in [1.807, 2.05) is 30.9 Å². The monoisotopic (exact) mass is 397 g/mol. The Morgan fingerprint density at radius 1 is 1.31 bits per heavy atom. The van der Waals surface area contributed by atoms with Gasteiger partial charge in [0, 0.05) is 18.7 Å². The molecule has 0 radical (unpaired) electrons. The van der Waals surface area contributed by atoms with Crippen LogP contribution in [0.2, 0.25) is 0 Å². The molecular formula is C23H31N3O3. The van der Waals surface area contributed by atoms with Crippen LogP contribution in [0.25, 0.3) is 6.08 Å². The van der Waals surface area contributed by atoms with Crippen LogP contribution in [-0.2, 0) is 0 Å². The number of nitrogens with zero attached hydrogens (tertiary/aromatic N) is 2. The molecule has 1 N–H and O–H groups in total. The fraction of sp³-hybridized carbons (Fsp3) is 0.478. The first kappa shape index (κ1) is 21.0. The average molecular weight is 398 g/mol. The second-order valence-electron chi connectivity index (χ2n) is 8.04. The van der Waals surface area contributed by atoms with Gasteiger partial charge in [-0.1, -0.05) is 42.8 Å². The molecule has 1 aromatic carbocycles. The summed E-state index contributed by atoms with van der Waals surface area (Å²) in [6.07, 6.45) is 5.00. The van der Waals surface area contributed by atoms with Crippen LogP contribution < -0.4 is 10.1 Å². The number of urea groups is 1. The third-order valence-corrected chi connectivity index (χ3v) is 5.27. The summed E-state index contributed by atoms with van der Waals surface area (Å²) in [4.78, 5) is 14.3. The topological polar surface area (TPSA) is 67.6 Å². The molecule has 29 heavy (non-hydrogen) atoms. The molecule has 6 heteroatoms. The number of hydrogen-bond acceptors (Lipinski definition) is 4. The summed E-state index contributed by atoms with van der Waals surface area (Å²) in [6.45, 7) is 10.2. The molecule has 2 aromatic rings. The van der Waals surface area contributed by atoms with Gasteiger partial charge in [0.2, 0.25) is 0 Å². The summed E-state index contributed by atoms with van der Waals surface area (Å²) in [6, 6.07) is 8.09. The first-order valence-electron chi connectivity index (χ1n) is 10.3. The molecule has 0 aliphatic carbocycles. The van der Waals surface area contributed by atoms with Crippen molar-refractivity contribution in [2.75, 3.05) is 25.0 Å². The number of likely N-dealkylation sites (tertiary alicyclic amines) is 1. The minimum atomic E-state index is -0.124. The van der Waals surface area contributed by atoms with Crippen molar-refractivity contribution in [2.24, 2.45) is 5.92 Å². The van der Waals surface area contributed by atoms with E-state index < -0.39 is 0 Å². The van der Waals surface area contributed by atoms with E-state index in [0.717, 1.165) is 48.5 Å². The third kappa shape index (κ3) is 5.86. The van der Waals surface area contributed by atoms with Crippen molar-refractivity contribution in [1.82, 2.24) is 10.1 Å². The molecule has 3 rings (SSSR count). The second kappa shape index (κ2) is 9.63. The first-order chi connectivity index (χ1) is 13.9. The third-order valence-electron chi connectivity index (χ3n) is 5.27. The molecule has 2 amide bonds.